The third-order valence-corrected chi connectivity index (χ3v) is 9.13. The molecule has 208 valence electrons. The van der Waals surface area contributed by atoms with Crippen LogP contribution in [-0.2, 0) is 0 Å². The van der Waals surface area contributed by atoms with Crippen molar-refractivity contribution in [3.8, 4) is 34.5 Å². The summed E-state index contributed by atoms with van der Waals surface area (Å²) in [5, 5.41) is 0. The maximum absolute atomic E-state index is 6.96. The van der Waals surface area contributed by atoms with E-state index in [9.17, 15) is 0 Å². The van der Waals surface area contributed by atoms with Gasteiger partial charge in [0.25, 0.3) is 6.71 Å². The molecule has 0 aliphatic carbocycles. The van der Waals surface area contributed by atoms with E-state index in [1.807, 2.05) is 0 Å². The van der Waals surface area contributed by atoms with Gasteiger partial charge in [0, 0.05) is 22.1 Å². The molecule has 0 radical (unpaired) electrons. The molecule has 0 amide bonds. The van der Waals surface area contributed by atoms with Crippen LogP contribution in [0.1, 0.15) is 11.1 Å². The Labute approximate surface area is 255 Å². The molecule has 0 atom stereocenters. The fraction of sp³-hybridized carbons (Fsp3) is 0.0526. The van der Waals surface area contributed by atoms with Crippen LogP contribution in [0.25, 0.3) is 0 Å². The van der Waals surface area contributed by atoms with Gasteiger partial charge in [-0.15, -0.1) is 0 Å². The normalized spacial score (nSPS) is 14.1. The van der Waals surface area contributed by atoms with E-state index in [4.69, 9.17) is 14.2 Å². The zero-order chi connectivity index (χ0) is 29.1. The average molecular weight is 568 g/mol. The summed E-state index contributed by atoms with van der Waals surface area (Å²) in [6.45, 7) is 4.12. The van der Waals surface area contributed by atoms with Crippen molar-refractivity contribution in [3.63, 3.8) is 0 Å². The van der Waals surface area contributed by atoms with Crippen LogP contribution < -0.4 is 40.4 Å². The van der Waals surface area contributed by atoms with Gasteiger partial charge in [-0.05, 0) is 97.8 Å². The standard InChI is InChI=1S/C38H25BN2O3/c1-22-18-31-35-32(19-22)43-33-20-23(2)21-34-36(33)39(35)37-30(42-31)17-16-29(38(37)44-34)41-27-14-8-6-12-25(27)40(24-10-4-3-5-11-24)26-13-7-9-15-28(26)41/h3-21H,1-2H3. The summed E-state index contributed by atoms with van der Waals surface area (Å²) in [4.78, 5) is 4.68. The summed E-state index contributed by atoms with van der Waals surface area (Å²) in [5.41, 5.74) is 11.8. The lowest BCUT2D eigenvalue weighted by molar-refractivity contribution is 0.442. The van der Waals surface area contributed by atoms with Crippen molar-refractivity contribution in [2.45, 2.75) is 13.8 Å². The number of ether oxygens (including phenoxy) is 3. The molecule has 4 aliphatic heterocycles. The second-order valence-electron chi connectivity index (χ2n) is 11.9. The average Bonchev–Trinajstić information content (AvgIpc) is 3.03. The minimum atomic E-state index is -0.0523. The largest absolute Gasteiger partial charge is 0.458 e. The van der Waals surface area contributed by atoms with Gasteiger partial charge in [0.2, 0.25) is 0 Å². The van der Waals surface area contributed by atoms with Gasteiger partial charge < -0.3 is 24.0 Å². The first kappa shape index (κ1) is 23.9. The van der Waals surface area contributed by atoms with Crippen LogP contribution in [0.3, 0.4) is 0 Å². The fourth-order valence-corrected chi connectivity index (χ4v) is 7.43. The van der Waals surface area contributed by atoms with E-state index < -0.39 is 0 Å². The number of hydrogen-bond donors (Lipinski definition) is 0. The lowest BCUT2D eigenvalue weighted by Crippen LogP contribution is -2.60. The van der Waals surface area contributed by atoms with Crippen LogP contribution >= 0.6 is 0 Å². The molecule has 0 saturated heterocycles. The maximum atomic E-state index is 6.96. The molecule has 0 fully saturated rings. The van der Waals surface area contributed by atoms with Crippen molar-refractivity contribution in [1.29, 1.82) is 0 Å². The Bertz CT molecular complexity index is 2150. The first-order chi connectivity index (χ1) is 21.6. The Hall–Kier alpha value is -5.62. The predicted molar refractivity (Wildman–Crippen MR) is 177 cm³/mol. The van der Waals surface area contributed by atoms with Crippen LogP contribution in [0.15, 0.2) is 115 Å². The SMILES string of the molecule is Cc1cc2c3c(c1)Oc1ccc(N4c5ccccc5N(c5ccccc5)c5ccccc54)c4c1B3c1c(cc(C)cc1O4)O2. The number of hydrogen-bond acceptors (Lipinski definition) is 5. The van der Waals surface area contributed by atoms with Crippen LogP contribution in [0.4, 0.5) is 34.1 Å². The number of anilines is 6. The van der Waals surface area contributed by atoms with E-state index in [-0.39, 0.29) is 6.71 Å². The minimum absolute atomic E-state index is 0.0523. The van der Waals surface area contributed by atoms with Crippen molar-refractivity contribution in [1.82, 2.24) is 0 Å². The quantitative estimate of drug-likeness (QED) is 0.196. The maximum Gasteiger partial charge on any atom is 0.270 e. The van der Waals surface area contributed by atoms with Gasteiger partial charge in [0.15, 0.2) is 0 Å². The highest BCUT2D eigenvalue weighted by atomic mass is 16.5. The van der Waals surface area contributed by atoms with E-state index >= 15 is 0 Å². The summed E-state index contributed by atoms with van der Waals surface area (Å²) in [7, 11) is 0. The van der Waals surface area contributed by atoms with Crippen molar-refractivity contribution >= 4 is 57.2 Å². The molecule has 0 unspecified atom stereocenters. The Morgan fingerprint density at radius 1 is 0.432 bits per heavy atom. The van der Waals surface area contributed by atoms with Crippen LogP contribution in [0.5, 0.6) is 34.5 Å². The number of nitrogens with zero attached hydrogens (tertiary/aromatic N) is 2. The molecule has 4 aliphatic rings. The zero-order valence-corrected chi connectivity index (χ0v) is 24.2. The number of fused-ring (bicyclic) bond motifs is 2. The van der Waals surface area contributed by atoms with Crippen molar-refractivity contribution < 1.29 is 14.2 Å². The van der Waals surface area contributed by atoms with Crippen LogP contribution in [0, 0.1) is 13.8 Å². The first-order valence-corrected chi connectivity index (χ1v) is 15.0. The molecular weight excluding hydrogens is 543 g/mol. The molecule has 5 nitrogen and oxygen atoms in total. The van der Waals surface area contributed by atoms with Crippen LogP contribution in [-0.4, -0.2) is 6.71 Å². The second kappa shape index (κ2) is 8.48. The third kappa shape index (κ3) is 3.09. The Balaban J connectivity index is 1.25. The van der Waals surface area contributed by atoms with Gasteiger partial charge in [0.05, 0.1) is 28.4 Å². The highest BCUT2D eigenvalue weighted by molar-refractivity contribution is 6.99. The molecule has 0 aromatic heterocycles. The van der Waals surface area contributed by atoms with E-state index in [2.05, 4.69) is 139 Å². The van der Waals surface area contributed by atoms with E-state index in [0.717, 1.165) is 96.1 Å². The van der Waals surface area contributed by atoms with Crippen molar-refractivity contribution in [2.24, 2.45) is 0 Å². The lowest BCUT2D eigenvalue weighted by atomic mass is 9.33. The molecule has 0 spiro atoms. The molecule has 10 rings (SSSR count). The van der Waals surface area contributed by atoms with E-state index in [1.54, 1.807) is 0 Å². The predicted octanol–water partition coefficient (Wildman–Crippen LogP) is 8.39. The molecule has 0 N–H and O–H groups in total. The minimum Gasteiger partial charge on any atom is -0.458 e. The molecule has 0 bridgehead atoms. The number of aryl methyl sites for hydroxylation is 2. The highest BCUT2D eigenvalue weighted by Crippen LogP contribution is 2.56. The molecule has 4 heterocycles. The van der Waals surface area contributed by atoms with Gasteiger partial charge in [-0.25, -0.2) is 0 Å². The summed E-state index contributed by atoms with van der Waals surface area (Å²) < 4.78 is 20.1. The third-order valence-electron chi connectivity index (χ3n) is 9.13. The molecule has 6 aromatic rings. The Kier molecular flexibility index (Phi) is 4.61. The van der Waals surface area contributed by atoms with E-state index in [0.29, 0.717) is 0 Å². The molecule has 44 heavy (non-hydrogen) atoms. The zero-order valence-electron chi connectivity index (χ0n) is 24.2. The smallest absolute Gasteiger partial charge is 0.270 e. The van der Waals surface area contributed by atoms with Gasteiger partial charge in [-0.2, -0.15) is 0 Å². The molecule has 6 heteroatoms. The Morgan fingerprint density at radius 2 is 0.909 bits per heavy atom. The highest BCUT2D eigenvalue weighted by Gasteiger charge is 2.48. The summed E-state index contributed by atoms with van der Waals surface area (Å²) in [5.74, 6) is 5.02. The number of benzene rings is 6. The second-order valence-corrected chi connectivity index (χ2v) is 11.9. The van der Waals surface area contributed by atoms with Gasteiger partial charge in [0.1, 0.15) is 34.5 Å². The van der Waals surface area contributed by atoms with Crippen LogP contribution in [0.2, 0.25) is 0 Å². The first-order valence-electron chi connectivity index (χ1n) is 15.0. The van der Waals surface area contributed by atoms with Gasteiger partial charge in [-0.3, -0.25) is 0 Å². The lowest BCUT2D eigenvalue weighted by Gasteiger charge is -2.43. The van der Waals surface area contributed by atoms with Gasteiger partial charge in [-0.1, -0.05) is 42.5 Å². The number of rotatable bonds is 2. The topological polar surface area (TPSA) is 34.2 Å². The number of para-hydroxylation sites is 5. The summed E-state index contributed by atoms with van der Waals surface area (Å²) in [6.07, 6.45) is 0. The molecule has 6 aromatic carbocycles. The molecule has 0 saturated carbocycles. The fourth-order valence-electron chi connectivity index (χ4n) is 7.43. The van der Waals surface area contributed by atoms with Gasteiger partial charge >= 0.3 is 0 Å². The van der Waals surface area contributed by atoms with E-state index in [1.165, 1.54) is 0 Å². The summed E-state index contributed by atoms with van der Waals surface area (Å²) >= 11 is 0. The van der Waals surface area contributed by atoms with Crippen molar-refractivity contribution in [3.05, 3.63) is 126 Å². The van der Waals surface area contributed by atoms with Crippen molar-refractivity contribution in [2.75, 3.05) is 9.80 Å². The molecular formula is C38H25BN2O3. The Morgan fingerprint density at radius 3 is 1.48 bits per heavy atom. The summed E-state index contributed by atoms with van der Waals surface area (Å²) in [6, 6.07) is 40.4. The monoisotopic (exact) mass is 568 g/mol.